The van der Waals surface area contributed by atoms with Gasteiger partial charge in [-0.15, -0.1) is 0 Å². The van der Waals surface area contributed by atoms with Crippen LogP contribution in [-0.4, -0.2) is 23.5 Å². The SMILES string of the molecule is C=c1occ/c1=C/C=C(\C)[C@@H]1CC(C)N2CC2C1. The van der Waals surface area contributed by atoms with Crippen LogP contribution >= 0.6 is 0 Å². The summed E-state index contributed by atoms with van der Waals surface area (Å²) in [7, 11) is 0. The molecular formula is C16H21NO. The van der Waals surface area contributed by atoms with Gasteiger partial charge in [-0.05, 0) is 38.7 Å². The summed E-state index contributed by atoms with van der Waals surface area (Å²) >= 11 is 0. The quantitative estimate of drug-likeness (QED) is 0.738. The van der Waals surface area contributed by atoms with Gasteiger partial charge in [-0.3, -0.25) is 4.90 Å². The smallest absolute Gasteiger partial charge is 0.126 e. The Bertz CT molecular complexity index is 568. The van der Waals surface area contributed by atoms with E-state index in [4.69, 9.17) is 4.42 Å². The van der Waals surface area contributed by atoms with Crippen LogP contribution in [0.5, 0.6) is 0 Å². The number of fused-ring (bicyclic) bond motifs is 1. The zero-order valence-corrected chi connectivity index (χ0v) is 11.2. The lowest BCUT2D eigenvalue weighted by molar-refractivity contribution is 0.267. The van der Waals surface area contributed by atoms with Gasteiger partial charge in [-0.25, -0.2) is 0 Å². The Morgan fingerprint density at radius 2 is 2.33 bits per heavy atom. The third-order valence-corrected chi connectivity index (χ3v) is 4.45. The van der Waals surface area contributed by atoms with Gasteiger partial charge in [-0.1, -0.05) is 24.3 Å². The van der Waals surface area contributed by atoms with E-state index in [-0.39, 0.29) is 0 Å². The summed E-state index contributed by atoms with van der Waals surface area (Å²) in [5, 5.41) is 1.09. The van der Waals surface area contributed by atoms with E-state index in [9.17, 15) is 0 Å². The number of piperidine rings is 1. The number of nitrogens with zero attached hydrogens (tertiary/aromatic N) is 1. The average Bonchev–Trinajstić information content (AvgIpc) is 3.03. The first-order valence-electron chi connectivity index (χ1n) is 6.82. The second-order valence-corrected chi connectivity index (χ2v) is 5.74. The van der Waals surface area contributed by atoms with Crippen LogP contribution in [0.15, 0.2) is 28.4 Å². The molecule has 4 atom stereocenters. The first kappa shape index (κ1) is 11.8. The Labute approximate surface area is 108 Å². The molecule has 0 amide bonds. The Kier molecular flexibility index (Phi) is 2.90. The van der Waals surface area contributed by atoms with Gasteiger partial charge in [0, 0.05) is 23.8 Å². The molecule has 2 aliphatic heterocycles. The van der Waals surface area contributed by atoms with Crippen molar-refractivity contribution < 1.29 is 4.42 Å². The van der Waals surface area contributed by atoms with Crippen molar-refractivity contribution in [3.63, 3.8) is 0 Å². The van der Waals surface area contributed by atoms with Crippen LogP contribution < -0.4 is 10.6 Å². The van der Waals surface area contributed by atoms with Gasteiger partial charge in [0.15, 0.2) is 0 Å². The first-order chi connectivity index (χ1) is 8.65. The highest BCUT2D eigenvalue weighted by molar-refractivity contribution is 5.39. The molecule has 3 rings (SSSR count). The second-order valence-electron chi connectivity index (χ2n) is 5.74. The molecule has 3 heterocycles. The topological polar surface area (TPSA) is 16.1 Å². The van der Waals surface area contributed by atoms with E-state index in [2.05, 4.69) is 37.5 Å². The molecule has 1 aromatic heterocycles. The van der Waals surface area contributed by atoms with Gasteiger partial charge in [0.25, 0.3) is 0 Å². The lowest BCUT2D eigenvalue weighted by Gasteiger charge is -2.28. The van der Waals surface area contributed by atoms with Gasteiger partial charge in [0.1, 0.15) is 5.42 Å². The summed E-state index contributed by atoms with van der Waals surface area (Å²) in [5.41, 5.74) is 2.25. The number of furan rings is 1. The van der Waals surface area contributed by atoms with Crippen molar-refractivity contribution >= 4 is 12.7 Å². The van der Waals surface area contributed by atoms with Crippen LogP contribution in [-0.2, 0) is 0 Å². The molecule has 0 radical (unpaired) electrons. The van der Waals surface area contributed by atoms with Crippen LogP contribution in [0.3, 0.4) is 0 Å². The molecular weight excluding hydrogens is 222 g/mol. The fraction of sp³-hybridized carbons (Fsp3) is 0.500. The lowest BCUT2D eigenvalue weighted by atomic mass is 9.86. The van der Waals surface area contributed by atoms with Crippen molar-refractivity contribution in [1.29, 1.82) is 0 Å². The monoisotopic (exact) mass is 243 g/mol. The van der Waals surface area contributed by atoms with Crippen LogP contribution in [0.4, 0.5) is 0 Å². The Morgan fingerprint density at radius 1 is 1.50 bits per heavy atom. The summed E-state index contributed by atoms with van der Waals surface area (Å²) < 4.78 is 5.20. The predicted octanol–water partition coefficient (Wildman–Crippen LogP) is 1.90. The predicted molar refractivity (Wildman–Crippen MR) is 74.4 cm³/mol. The highest BCUT2D eigenvalue weighted by Crippen LogP contribution is 2.39. The molecule has 18 heavy (non-hydrogen) atoms. The largest absolute Gasteiger partial charge is 0.465 e. The van der Waals surface area contributed by atoms with E-state index in [0.717, 1.165) is 28.6 Å². The molecule has 2 saturated heterocycles. The molecule has 0 N–H and O–H groups in total. The van der Waals surface area contributed by atoms with E-state index in [1.165, 1.54) is 25.0 Å². The fourth-order valence-electron chi connectivity index (χ4n) is 3.15. The summed E-state index contributed by atoms with van der Waals surface area (Å²) in [4.78, 5) is 2.61. The summed E-state index contributed by atoms with van der Waals surface area (Å²) in [6.07, 6.45) is 8.71. The third kappa shape index (κ3) is 2.17. The van der Waals surface area contributed by atoms with Gasteiger partial charge in [0.05, 0.1) is 6.26 Å². The molecule has 2 fully saturated rings. The van der Waals surface area contributed by atoms with E-state index >= 15 is 0 Å². The molecule has 2 nitrogen and oxygen atoms in total. The van der Waals surface area contributed by atoms with Crippen LogP contribution in [0, 0.1) is 5.92 Å². The van der Waals surface area contributed by atoms with E-state index < -0.39 is 0 Å². The molecule has 2 heteroatoms. The van der Waals surface area contributed by atoms with Gasteiger partial charge < -0.3 is 4.42 Å². The van der Waals surface area contributed by atoms with Crippen molar-refractivity contribution in [3.8, 4) is 0 Å². The Balaban J connectivity index is 1.76. The molecule has 2 aliphatic rings. The zero-order valence-electron chi connectivity index (χ0n) is 11.2. The Morgan fingerprint density at radius 3 is 3.00 bits per heavy atom. The molecule has 0 spiro atoms. The van der Waals surface area contributed by atoms with Crippen molar-refractivity contribution in [2.45, 2.75) is 38.8 Å². The number of hydrogen-bond acceptors (Lipinski definition) is 2. The van der Waals surface area contributed by atoms with Crippen molar-refractivity contribution in [3.05, 3.63) is 34.6 Å². The van der Waals surface area contributed by atoms with Crippen molar-refractivity contribution in [2.24, 2.45) is 5.92 Å². The average molecular weight is 243 g/mol. The fourth-order valence-corrected chi connectivity index (χ4v) is 3.15. The first-order valence-corrected chi connectivity index (χ1v) is 6.82. The maximum Gasteiger partial charge on any atom is 0.126 e. The minimum Gasteiger partial charge on any atom is -0.465 e. The summed E-state index contributed by atoms with van der Waals surface area (Å²) in [6, 6.07) is 3.59. The molecule has 1 aromatic rings. The van der Waals surface area contributed by atoms with Gasteiger partial charge >= 0.3 is 0 Å². The van der Waals surface area contributed by atoms with E-state index in [1.54, 1.807) is 6.26 Å². The molecule has 96 valence electrons. The molecule has 0 aromatic carbocycles. The van der Waals surface area contributed by atoms with E-state index in [1.807, 2.05) is 6.07 Å². The molecule has 0 saturated carbocycles. The maximum atomic E-state index is 5.20. The molecule has 0 aliphatic carbocycles. The van der Waals surface area contributed by atoms with Crippen LogP contribution in [0.2, 0.25) is 0 Å². The van der Waals surface area contributed by atoms with Gasteiger partial charge in [-0.2, -0.15) is 0 Å². The molecule has 0 bridgehead atoms. The minimum atomic E-state index is 0.750. The minimum absolute atomic E-state index is 0.750. The van der Waals surface area contributed by atoms with Crippen molar-refractivity contribution in [2.75, 3.05) is 6.54 Å². The van der Waals surface area contributed by atoms with Gasteiger partial charge in [0.2, 0.25) is 0 Å². The number of allylic oxidation sites excluding steroid dienone is 2. The number of hydrogen-bond donors (Lipinski definition) is 0. The maximum absolute atomic E-state index is 5.20. The summed E-state index contributed by atoms with van der Waals surface area (Å²) in [6.45, 7) is 9.80. The Hall–Kier alpha value is -1.28. The second kappa shape index (κ2) is 4.43. The lowest BCUT2D eigenvalue weighted by Crippen LogP contribution is -2.28. The highest BCUT2D eigenvalue weighted by Gasteiger charge is 2.43. The van der Waals surface area contributed by atoms with Crippen molar-refractivity contribution in [1.82, 2.24) is 4.90 Å². The van der Waals surface area contributed by atoms with E-state index in [0.29, 0.717) is 0 Å². The summed E-state index contributed by atoms with van der Waals surface area (Å²) in [5.74, 6) is 0.750. The van der Waals surface area contributed by atoms with Crippen LogP contribution in [0.25, 0.3) is 12.7 Å². The number of rotatable bonds is 2. The standard InChI is InChI=1S/C16H21NO/c1-11(4-5-14-6-7-18-13(14)3)15-8-12(2)17-10-16(17)9-15/h4-7,12,15-16H,3,8-10H2,1-2H3/b11-4+,14-5-/t12?,15-,16?,17?/m1/s1. The zero-order chi connectivity index (χ0) is 12.7. The third-order valence-electron chi connectivity index (χ3n) is 4.45. The van der Waals surface area contributed by atoms with Crippen LogP contribution in [0.1, 0.15) is 26.7 Å². The normalized spacial score (nSPS) is 36.6. The molecule has 3 unspecified atom stereocenters. The highest BCUT2D eigenvalue weighted by atomic mass is 16.3.